The zero-order chi connectivity index (χ0) is 11.2. The van der Waals surface area contributed by atoms with Crippen LogP contribution in [0.15, 0.2) is 18.2 Å². The van der Waals surface area contributed by atoms with E-state index in [9.17, 15) is 0 Å². The minimum Gasteiger partial charge on any atom is -0.0885 e. The standard InChI is InChI=1S/C15H27/c1-3-5-7-9-11-13-15-14-12-10-8-6-4-2/h1,3,12,14H,4-11,13,15H2,2H3. The zero-order valence-electron chi connectivity index (χ0n) is 10.4. The zero-order valence-corrected chi connectivity index (χ0v) is 10.4. The predicted octanol–water partition coefficient (Wildman–Crippen LogP) is 5.45. The summed E-state index contributed by atoms with van der Waals surface area (Å²) in [6, 6.07) is 0. The molecule has 0 fully saturated rings. The number of hydrogen-bond acceptors (Lipinski definition) is 0. The molecule has 15 heavy (non-hydrogen) atoms. The van der Waals surface area contributed by atoms with Gasteiger partial charge in [0.15, 0.2) is 0 Å². The average molecular weight is 207 g/mol. The van der Waals surface area contributed by atoms with Crippen molar-refractivity contribution in [3.8, 4) is 0 Å². The molecular formula is C15H27. The molecule has 0 aliphatic rings. The lowest BCUT2D eigenvalue weighted by Gasteiger charge is -1.96. The van der Waals surface area contributed by atoms with Crippen molar-refractivity contribution in [1.82, 2.24) is 0 Å². The molecule has 0 amide bonds. The van der Waals surface area contributed by atoms with Gasteiger partial charge in [0, 0.05) is 0 Å². The summed E-state index contributed by atoms with van der Waals surface area (Å²) in [6.45, 7) is 7.57. The molecule has 0 nitrogen and oxygen atoms in total. The van der Waals surface area contributed by atoms with Crippen LogP contribution >= 0.6 is 0 Å². The molecule has 0 N–H and O–H groups in total. The Balaban J connectivity index is 2.99. The van der Waals surface area contributed by atoms with Crippen LogP contribution in [0.1, 0.15) is 71.1 Å². The third kappa shape index (κ3) is 13.5. The summed E-state index contributed by atoms with van der Waals surface area (Å²) in [6.07, 6.45) is 19.4. The lowest BCUT2D eigenvalue weighted by molar-refractivity contribution is 0.651. The van der Waals surface area contributed by atoms with Gasteiger partial charge in [0.25, 0.3) is 0 Å². The van der Waals surface area contributed by atoms with Crippen LogP contribution in [-0.4, -0.2) is 0 Å². The largest absolute Gasteiger partial charge is 0.0885 e. The number of unbranched alkanes of at least 4 members (excludes halogenated alkanes) is 8. The Labute approximate surface area is 96.5 Å². The topological polar surface area (TPSA) is 0 Å². The molecule has 87 valence electrons. The minimum atomic E-state index is 1.08. The van der Waals surface area contributed by atoms with E-state index in [1.165, 1.54) is 57.8 Å². The normalized spacial score (nSPS) is 11.0. The van der Waals surface area contributed by atoms with E-state index in [1.54, 1.807) is 6.08 Å². The van der Waals surface area contributed by atoms with E-state index < -0.39 is 0 Å². The van der Waals surface area contributed by atoms with Gasteiger partial charge in [-0.1, -0.05) is 57.4 Å². The second-order valence-electron chi connectivity index (χ2n) is 4.19. The summed E-state index contributed by atoms with van der Waals surface area (Å²) in [5.41, 5.74) is 0. The van der Waals surface area contributed by atoms with Crippen LogP contribution in [0.25, 0.3) is 0 Å². The van der Waals surface area contributed by atoms with Crippen LogP contribution in [0.3, 0.4) is 0 Å². The molecule has 0 aromatic heterocycles. The van der Waals surface area contributed by atoms with E-state index in [0.29, 0.717) is 0 Å². The highest BCUT2D eigenvalue weighted by Crippen LogP contribution is 2.07. The highest BCUT2D eigenvalue weighted by molar-refractivity contribution is 4.81. The Kier molecular flexibility index (Phi) is 13.0. The van der Waals surface area contributed by atoms with Crippen molar-refractivity contribution in [3.63, 3.8) is 0 Å². The second-order valence-corrected chi connectivity index (χ2v) is 4.19. The first-order valence-electron chi connectivity index (χ1n) is 6.60. The molecule has 0 unspecified atom stereocenters. The summed E-state index contributed by atoms with van der Waals surface area (Å²) in [4.78, 5) is 0. The molecule has 0 atom stereocenters. The molecular weight excluding hydrogens is 180 g/mol. The molecule has 0 aliphatic heterocycles. The Morgan fingerprint density at radius 2 is 1.27 bits per heavy atom. The van der Waals surface area contributed by atoms with Crippen LogP contribution in [0.4, 0.5) is 0 Å². The van der Waals surface area contributed by atoms with Crippen molar-refractivity contribution in [2.75, 3.05) is 0 Å². The number of allylic oxidation sites excluding steroid dienone is 3. The van der Waals surface area contributed by atoms with Crippen molar-refractivity contribution in [1.29, 1.82) is 0 Å². The Bertz CT molecular complexity index is 144. The molecule has 0 saturated carbocycles. The van der Waals surface area contributed by atoms with Crippen LogP contribution in [0.2, 0.25) is 0 Å². The monoisotopic (exact) mass is 207 g/mol. The lowest BCUT2D eigenvalue weighted by Crippen LogP contribution is -1.76. The highest BCUT2D eigenvalue weighted by Gasteiger charge is 1.87. The Morgan fingerprint density at radius 1 is 0.733 bits per heavy atom. The first-order chi connectivity index (χ1) is 7.41. The maximum Gasteiger partial charge on any atom is -0.0348 e. The summed E-state index contributed by atoms with van der Waals surface area (Å²) < 4.78 is 0. The molecule has 1 radical (unpaired) electrons. The van der Waals surface area contributed by atoms with Crippen molar-refractivity contribution in [2.24, 2.45) is 0 Å². The van der Waals surface area contributed by atoms with Crippen molar-refractivity contribution >= 4 is 0 Å². The minimum absolute atomic E-state index is 1.08. The van der Waals surface area contributed by atoms with Gasteiger partial charge < -0.3 is 0 Å². The fourth-order valence-corrected chi connectivity index (χ4v) is 1.63. The summed E-state index contributed by atoms with van der Waals surface area (Å²) in [5.74, 6) is 0. The third-order valence-corrected chi connectivity index (χ3v) is 2.63. The summed E-state index contributed by atoms with van der Waals surface area (Å²) >= 11 is 0. The maximum absolute atomic E-state index is 5.31. The van der Waals surface area contributed by atoms with Gasteiger partial charge >= 0.3 is 0 Å². The molecule has 0 heteroatoms. The van der Waals surface area contributed by atoms with E-state index in [0.717, 1.165) is 6.42 Å². The van der Waals surface area contributed by atoms with E-state index in [1.807, 2.05) is 0 Å². The molecule has 0 heterocycles. The molecule has 0 aromatic rings. The molecule has 0 bridgehead atoms. The average Bonchev–Trinajstić information content (AvgIpc) is 2.26. The van der Waals surface area contributed by atoms with Crippen LogP contribution < -0.4 is 0 Å². The Morgan fingerprint density at radius 3 is 1.80 bits per heavy atom. The fraction of sp³-hybridized carbons (Fsp3) is 0.733. The number of rotatable bonds is 11. The van der Waals surface area contributed by atoms with Crippen molar-refractivity contribution in [2.45, 2.75) is 71.1 Å². The van der Waals surface area contributed by atoms with Gasteiger partial charge in [-0.2, -0.15) is 0 Å². The smallest absolute Gasteiger partial charge is 0.0348 e. The van der Waals surface area contributed by atoms with Gasteiger partial charge in [-0.15, -0.1) is 0 Å². The third-order valence-electron chi connectivity index (χ3n) is 2.63. The predicted molar refractivity (Wildman–Crippen MR) is 69.9 cm³/mol. The van der Waals surface area contributed by atoms with Gasteiger partial charge in [-0.05, 0) is 38.5 Å². The lowest BCUT2D eigenvalue weighted by atomic mass is 10.1. The summed E-state index contributed by atoms with van der Waals surface area (Å²) in [5, 5.41) is 0. The maximum atomic E-state index is 5.31. The van der Waals surface area contributed by atoms with Gasteiger partial charge in [-0.25, -0.2) is 0 Å². The molecule has 0 aromatic carbocycles. The first kappa shape index (κ1) is 14.5. The van der Waals surface area contributed by atoms with Crippen LogP contribution in [0.5, 0.6) is 0 Å². The molecule has 0 saturated heterocycles. The van der Waals surface area contributed by atoms with Gasteiger partial charge in [0.05, 0.1) is 0 Å². The van der Waals surface area contributed by atoms with Crippen molar-refractivity contribution in [3.05, 3.63) is 24.8 Å². The quantitative estimate of drug-likeness (QED) is 0.312. The Hall–Kier alpha value is -0.520. The van der Waals surface area contributed by atoms with Gasteiger partial charge in [0.2, 0.25) is 0 Å². The van der Waals surface area contributed by atoms with E-state index in [-0.39, 0.29) is 0 Å². The van der Waals surface area contributed by atoms with Gasteiger partial charge in [0.1, 0.15) is 0 Å². The number of hydrogen-bond donors (Lipinski definition) is 0. The molecule has 0 rings (SSSR count). The molecule has 0 spiro atoms. The van der Waals surface area contributed by atoms with Gasteiger partial charge in [-0.3, -0.25) is 0 Å². The van der Waals surface area contributed by atoms with Crippen LogP contribution in [-0.2, 0) is 0 Å². The van der Waals surface area contributed by atoms with Crippen molar-refractivity contribution < 1.29 is 0 Å². The first-order valence-corrected chi connectivity index (χ1v) is 6.60. The highest BCUT2D eigenvalue weighted by atomic mass is 13.9. The van der Waals surface area contributed by atoms with E-state index >= 15 is 0 Å². The molecule has 0 aliphatic carbocycles. The SMILES string of the molecule is [CH]=CCCCCCCC=CCCCCC. The van der Waals surface area contributed by atoms with Crippen LogP contribution in [0, 0.1) is 6.58 Å². The summed E-state index contributed by atoms with van der Waals surface area (Å²) in [7, 11) is 0. The van der Waals surface area contributed by atoms with E-state index in [4.69, 9.17) is 6.58 Å². The second kappa shape index (κ2) is 13.5. The van der Waals surface area contributed by atoms with E-state index in [2.05, 4.69) is 19.1 Å². The fourth-order valence-electron chi connectivity index (χ4n) is 1.63.